The number of alkyl halides is 2. The van der Waals surface area contributed by atoms with E-state index in [1.54, 1.807) is 12.3 Å². The number of rotatable bonds is 10. The van der Waals surface area contributed by atoms with Crippen molar-refractivity contribution in [2.75, 3.05) is 24.6 Å². The predicted octanol–water partition coefficient (Wildman–Crippen LogP) is 4.30. The Hall–Kier alpha value is -3.41. The van der Waals surface area contributed by atoms with Crippen LogP contribution in [0.2, 0.25) is 0 Å². The maximum Gasteiger partial charge on any atom is 0.255 e. The minimum absolute atomic E-state index is 0.00299. The number of ether oxygens (including phenoxy) is 2. The summed E-state index contributed by atoms with van der Waals surface area (Å²) in [5.41, 5.74) is 0.879. The molecule has 1 N–H and O–H groups in total. The zero-order valence-electron chi connectivity index (χ0n) is 19.9. The van der Waals surface area contributed by atoms with Crippen LogP contribution in [0.3, 0.4) is 0 Å². The van der Waals surface area contributed by atoms with Gasteiger partial charge in [0.25, 0.3) is 5.92 Å². The second-order valence-electron chi connectivity index (χ2n) is 9.36. The van der Waals surface area contributed by atoms with Gasteiger partial charge in [-0.3, -0.25) is 4.79 Å². The maximum absolute atomic E-state index is 13.0. The van der Waals surface area contributed by atoms with Gasteiger partial charge in [0.15, 0.2) is 0 Å². The van der Waals surface area contributed by atoms with Gasteiger partial charge in [0, 0.05) is 25.4 Å². The van der Waals surface area contributed by atoms with Gasteiger partial charge in [-0.2, -0.15) is 5.26 Å². The van der Waals surface area contributed by atoms with Crippen LogP contribution in [0.5, 0.6) is 11.5 Å². The van der Waals surface area contributed by atoms with E-state index in [9.17, 15) is 13.6 Å². The molecule has 0 radical (unpaired) electrons. The number of nitrogens with one attached hydrogen (secondary N) is 1. The number of benzene rings is 1. The van der Waals surface area contributed by atoms with E-state index in [2.05, 4.69) is 21.3 Å². The molecule has 4 atom stereocenters. The van der Waals surface area contributed by atoms with E-state index in [0.717, 1.165) is 30.1 Å². The van der Waals surface area contributed by atoms with Crippen molar-refractivity contribution in [3.05, 3.63) is 48.2 Å². The first-order chi connectivity index (χ1) is 16.7. The van der Waals surface area contributed by atoms with Crippen LogP contribution in [0.1, 0.15) is 44.6 Å². The molecular weight excluding hydrogens is 454 g/mol. The molecule has 2 aromatic rings. The first kappa shape index (κ1) is 24.7. The van der Waals surface area contributed by atoms with Crippen molar-refractivity contribution >= 4 is 11.7 Å². The summed E-state index contributed by atoms with van der Waals surface area (Å²) in [6, 6.07) is 13.0. The zero-order valence-corrected chi connectivity index (χ0v) is 19.9. The topological polar surface area (TPSA) is 87.5 Å². The molecule has 1 aliphatic heterocycles. The molecule has 2 aliphatic rings. The molecule has 2 heterocycles. The quantitative estimate of drug-likeness (QED) is 0.541. The standard InChI is InChI=1S/C26H30F2N4O3/c1-17(9-11-29)31-25(33)18(2)19-3-5-21(6-4-19)35-23-10-12-32(15-23)24-8-7-22(14-30-24)34-16-20-13-26(20,27)28/h3-8,14,17-18,20,23H,9-10,12-13,15-16H2,1-2H3,(H,31,33)/t17?,18?,20?,23-/m1/s1. The van der Waals surface area contributed by atoms with Crippen LogP contribution in [0, 0.1) is 17.2 Å². The Morgan fingerprint density at radius 2 is 1.97 bits per heavy atom. The average Bonchev–Trinajstić information content (AvgIpc) is 3.21. The summed E-state index contributed by atoms with van der Waals surface area (Å²) in [4.78, 5) is 18.9. The normalized spacial score (nSPS) is 22.1. The van der Waals surface area contributed by atoms with Gasteiger partial charge in [-0.1, -0.05) is 12.1 Å². The van der Waals surface area contributed by atoms with Crippen LogP contribution in [0.15, 0.2) is 42.6 Å². The van der Waals surface area contributed by atoms with Crippen molar-refractivity contribution in [3.8, 4) is 17.6 Å². The number of halogens is 2. The molecule has 3 unspecified atom stereocenters. The molecule has 1 aromatic carbocycles. The van der Waals surface area contributed by atoms with Crippen LogP contribution in [-0.2, 0) is 4.79 Å². The van der Waals surface area contributed by atoms with Gasteiger partial charge >= 0.3 is 0 Å². The minimum Gasteiger partial charge on any atom is -0.491 e. The summed E-state index contributed by atoms with van der Waals surface area (Å²) in [5.74, 6) is -1.69. The average molecular weight is 485 g/mol. The molecule has 186 valence electrons. The van der Waals surface area contributed by atoms with Crippen LogP contribution >= 0.6 is 0 Å². The van der Waals surface area contributed by atoms with Crippen molar-refractivity contribution in [2.45, 2.75) is 57.1 Å². The number of pyridine rings is 1. The molecule has 0 spiro atoms. The number of nitriles is 1. The molecule has 0 bridgehead atoms. The largest absolute Gasteiger partial charge is 0.491 e. The first-order valence-corrected chi connectivity index (χ1v) is 11.9. The monoisotopic (exact) mass is 484 g/mol. The number of amides is 1. The highest BCUT2D eigenvalue weighted by Crippen LogP contribution is 2.48. The molecule has 1 aliphatic carbocycles. The highest BCUT2D eigenvalue weighted by atomic mass is 19.3. The lowest BCUT2D eigenvalue weighted by Crippen LogP contribution is -2.35. The van der Waals surface area contributed by atoms with Crippen molar-refractivity contribution < 1.29 is 23.0 Å². The van der Waals surface area contributed by atoms with Crippen molar-refractivity contribution in [2.24, 2.45) is 5.92 Å². The molecule has 1 saturated carbocycles. The Balaban J connectivity index is 1.24. The fourth-order valence-electron chi connectivity index (χ4n) is 4.06. The van der Waals surface area contributed by atoms with Crippen LogP contribution in [0.4, 0.5) is 14.6 Å². The Labute approximate surface area is 204 Å². The van der Waals surface area contributed by atoms with Gasteiger partial charge in [0.05, 0.1) is 43.7 Å². The van der Waals surface area contributed by atoms with Crippen molar-refractivity contribution in [3.63, 3.8) is 0 Å². The molecule has 7 nitrogen and oxygen atoms in total. The fourth-order valence-corrected chi connectivity index (χ4v) is 4.06. The number of nitrogens with zero attached hydrogens (tertiary/aromatic N) is 3. The third kappa shape index (κ3) is 6.38. The zero-order chi connectivity index (χ0) is 25.0. The molecule has 1 aromatic heterocycles. The van der Waals surface area contributed by atoms with E-state index in [4.69, 9.17) is 14.7 Å². The van der Waals surface area contributed by atoms with Crippen LogP contribution in [-0.4, -0.2) is 48.7 Å². The van der Waals surface area contributed by atoms with E-state index < -0.39 is 11.8 Å². The van der Waals surface area contributed by atoms with Gasteiger partial charge in [-0.15, -0.1) is 0 Å². The Morgan fingerprint density at radius 3 is 2.60 bits per heavy atom. The maximum atomic E-state index is 13.0. The minimum atomic E-state index is -2.58. The molecule has 1 amide bonds. The SMILES string of the molecule is CC(CC#N)NC(=O)C(C)c1ccc(O[C@@H]2CCN(c3ccc(OCC4CC4(F)F)cn3)C2)cc1. The van der Waals surface area contributed by atoms with Gasteiger partial charge < -0.3 is 19.7 Å². The highest BCUT2D eigenvalue weighted by Gasteiger charge is 2.57. The van der Waals surface area contributed by atoms with Gasteiger partial charge in [-0.25, -0.2) is 13.8 Å². The summed E-state index contributed by atoms with van der Waals surface area (Å²) < 4.78 is 37.5. The van der Waals surface area contributed by atoms with E-state index >= 15 is 0 Å². The molecule has 35 heavy (non-hydrogen) atoms. The highest BCUT2D eigenvalue weighted by molar-refractivity contribution is 5.83. The van der Waals surface area contributed by atoms with Gasteiger partial charge in [0.1, 0.15) is 23.4 Å². The van der Waals surface area contributed by atoms with Crippen LogP contribution in [0.25, 0.3) is 0 Å². The number of aromatic nitrogens is 1. The fraction of sp³-hybridized carbons (Fsp3) is 0.500. The Morgan fingerprint density at radius 1 is 1.26 bits per heavy atom. The summed E-state index contributed by atoms with van der Waals surface area (Å²) in [6.45, 7) is 5.13. The number of anilines is 1. The summed E-state index contributed by atoms with van der Waals surface area (Å²) in [5, 5.41) is 11.6. The van der Waals surface area contributed by atoms with E-state index in [0.29, 0.717) is 12.3 Å². The lowest BCUT2D eigenvalue weighted by atomic mass is 10.00. The first-order valence-electron chi connectivity index (χ1n) is 11.9. The molecule has 1 saturated heterocycles. The van der Waals surface area contributed by atoms with Gasteiger partial charge in [0.2, 0.25) is 5.91 Å². The third-order valence-corrected chi connectivity index (χ3v) is 6.46. The molecule has 2 fully saturated rings. The Kier molecular flexibility index (Phi) is 7.39. The van der Waals surface area contributed by atoms with Crippen molar-refractivity contribution in [1.82, 2.24) is 10.3 Å². The second kappa shape index (κ2) is 10.5. The molecule has 4 rings (SSSR count). The van der Waals surface area contributed by atoms with Crippen LogP contribution < -0.4 is 19.7 Å². The van der Waals surface area contributed by atoms with E-state index in [-0.39, 0.29) is 43.4 Å². The predicted molar refractivity (Wildman–Crippen MR) is 127 cm³/mol. The van der Waals surface area contributed by atoms with Gasteiger partial charge in [-0.05, 0) is 43.7 Å². The number of carbonyl (C=O) groups excluding carboxylic acids is 1. The van der Waals surface area contributed by atoms with Crippen molar-refractivity contribution in [1.29, 1.82) is 5.26 Å². The molecule has 9 heteroatoms. The number of hydrogen-bond acceptors (Lipinski definition) is 6. The number of carbonyl (C=O) groups is 1. The molecular formula is C26H30F2N4O3. The summed E-state index contributed by atoms with van der Waals surface area (Å²) >= 11 is 0. The summed E-state index contributed by atoms with van der Waals surface area (Å²) in [7, 11) is 0. The second-order valence-corrected chi connectivity index (χ2v) is 9.36. The smallest absolute Gasteiger partial charge is 0.255 e. The lowest BCUT2D eigenvalue weighted by Gasteiger charge is -2.19. The van der Waals surface area contributed by atoms with E-state index in [1.807, 2.05) is 44.2 Å². The lowest BCUT2D eigenvalue weighted by molar-refractivity contribution is -0.122. The Bertz CT molecular complexity index is 1060. The third-order valence-electron chi connectivity index (χ3n) is 6.46. The number of hydrogen-bond donors (Lipinski definition) is 1. The summed E-state index contributed by atoms with van der Waals surface area (Å²) in [6.07, 6.45) is 2.59. The van der Waals surface area contributed by atoms with E-state index in [1.165, 1.54) is 0 Å².